The third-order valence-electron chi connectivity index (χ3n) is 3.38. The molecule has 1 nitrogen and oxygen atoms in total. The average molecular weight is 269 g/mol. The van der Waals surface area contributed by atoms with Gasteiger partial charge in [-0.2, -0.15) is 0 Å². The van der Waals surface area contributed by atoms with Gasteiger partial charge in [-0.15, -0.1) is 11.8 Å². The molecule has 0 saturated heterocycles. The molecule has 0 amide bonds. The standard InChI is InChI=1S/C17H19NS/c1-13(11-18-16-7-8-16)12-19-17-9-6-14-4-2-3-5-15(14)10-17/h2-6,9-10,16,18H,1,7-8,11-12H2. The molecule has 1 aliphatic rings. The van der Waals surface area contributed by atoms with Crippen molar-refractivity contribution in [3.63, 3.8) is 0 Å². The van der Waals surface area contributed by atoms with Gasteiger partial charge in [-0.25, -0.2) is 0 Å². The van der Waals surface area contributed by atoms with Crippen molar-refractivity contribution in [1.82, 2.24) is 5.32 Å². The van der Waals surface area contributed by atoms with Gasteiger partial charge in [0.2, 0.25) is 0 Å². The summed E-state index contributed by atoms with van der Waals surface area (Å²) in [7, 11) is 0. The number of rotatable bonds is 6. The van der Waals surface area contributed by atoms with Crippen LogP contribution in [0.5, 0.6) is 0 Å². The lowest BCUT2D eigenvalue weighted by molar-refractivity contribution is 0.736. The number of thioether (sulfide) groups is 1. The van der Waals surface area contributed by atoms with Crippen LogP contribution in [0.25, 0.3) is 10.8 Å². The summed E-state index contributed by atoms with van der Waals surface area (Å²) in [6.45, 7) is 5.11. The lowest BCUT2D eigenvalue weighted by Gasteiger charge is -2.07. The third kappa shape index (κ3) is 3.62. The molecular weight excluding hydrogens is 250 g/mol. The number of hydrogen-bond donors (Lipinski definition) is 1. The van der Waals surface area contributed by atoms with Gasteiger partial charge in [-0.1, -0.05) is 42.5 Å². The Hall–Kier alpha value is -1.25. The molecule has 1 aliphatic carbocycles. The first-order valence-corrected chi connectivity index (χ1v) is 7.81. The van der Waals surface area contributed by atoms with Crippen molar-refractivity contribution >= 4 is 22.5 Å². The Labute approximate surface area is 119 Å². The smallest absolute Gasteiger partial charge is 0.0200 e. The van der Waals surface area contributed by atoms with Gasteiger partial charge >= 0.3 is 0 Å². The van der Waals surface area contributed by atoms with Crippen LogP contribution in [-0.4, -0.2) is 18.3 Å². The first-order valence-electron chi connectivity index (χ1n) is 6.83. The summed E-state index contributed by atoms with van der Waals surface area (Å²) in [5.41, 5.74) is 1.28. The van der Waals surface area contributed by atoms with Crippen molar-refractivity contribution < 1.29 is 0 Å². The van der Waals surface area contributed by atoms with E-state index < -0.39 is 0 Å². The Bertz CT molecular complexity index is 587. The summed E-state index contributed by atoms with van der Waals surface area (Å²) in [5.74, 6) is 0.998. The third-order valence-corrected chi connectivity index (χ3v) is 4.52. The molecule has 1 saturated carbocycles. The van der Waals surface area contributed by atoms with Crippen LogP contribution < -0.4 is 5.32 Å². The highest BCUT2D eigenvalue weighted by Gasteiger charge is 2.19. The summed E-state index contributed by atoms with van der Waals surface area (Å²) in [6.07, 6.45) is 2.68. The lowest BCUT2D eigenvalue weighted by atomic mass is 10.1. The van der Waals surface area contributed by atoms with Crippen LogP contribution in [0.3, 0.4) is 0 Å². The van der Waals surface area contributed by atoms with E-state index in [2.05, 4.69) is 54.4 Å². The quantitative estimate of drug-likeness (QED) is 0.622. The second-order valence-corrected chi connectivity index (χ2v) is 6.25. The normalized spacial score (nSPS) is 14.7. The van der Waals surface area contributed by atoms with E-state index in [1.54, 1.807) is 0 Å². The zero-order valence-corrected chi connectivity index (χ0v) is 11.9. The monoisotopic (exact) mass is 269 g/mol. The second-order valence-electron chi connectivity index (χ2n) is 5.20. The van der Waals surface area contributed by atoms with E-state index in [-0.39, 0.29) is 0 Å². The summed E-state index contributed by atoms with van der Waals surface area (Å²) in [5, 5.41) is 6.13. The van der Waals surface area contributed by atoms with Gasteiger partial charge in [-0.05, 0) is 35.7 Å². The van der Waals surface area contributed by atoms with Gasteiger partial charge in [0, 0.05) is 23.2 Å². The Morgan fingerprint density at radius 1 is 1.16 bits per heavy atom. The summed E-state index contributed by atoms with van der Waals surface area (Å²) >= 11 is 1.88. The van der Waals surface area contributed by atoms with Gasteiger partial charge in [0.1, 0.15) is 0 Å². The number of nitrogens with one attached hydrogen (secondary N) is 1. The predicted molar refractivity (Wildman–Crippen MR) is 84.8 cm³/mol. The highest BCUT2D eigenvalue weighted by Crippen LogP contribution is 2.25. The molecule has 0 radical (unpaired) electrons. The van der Waals surface area contributed by atoms with Crippen molar-refractivity contribution in [1.29, 1.82) is 0 Å². The molecule has 0 spiro atoms. The first kappa shape index (κ1) is 12.8. The zero-order valence-electron chi connectivity index (χ0n) is 11.1. The maximum Gasteiger partial charge on any atom is 0.0200 e. The van der Waals surface area contributed by atoms with Crippen LogP contribution in [0, 0.1) is 0 Å². The molecule has 0 heterocycles. The van der Waals surface area contributed by atoms with E-state index in [4.69, 9.17) is 0 Å². The maximum absolute atomic E-state index is 4.15. The Morgan fingerprint density at radius 3 is 2.74 bits per heavy atom. The van der Waals surface area contributed by atoms with Crippen LogP contribution in [0.2, 0.25) is 0 Å². The van der Waals surface area contributed by atoms with Crippen molar-refractivity contribution in [2.75, 3.05) is 12.3 Å². The van der Waals surface area contributed by atoms with E-state index in [0.29, 0.717) is 0 Å². The van der Waals surface area contributed by atoms with E-state index in [9.17, 15) is 0 Å². The van der Waals surface area contributed by atoms with E-state index in [1.807, 2.05) is 11.8 Å². The Morgan fingerprint density at radius 2 is 1.95 bits per heavy atom. The van der Waals surface area contributed by atoms with Gasteiger partial charge < -0.3 is 5.32 Å². The van der Waals surface area contributed by atoms with Crippen molar-refractivity contribution in [2.24, 2.45) is 0 Å². The van der Waals surface area contributed by atoms with Crippen molar-refractivity contribution in [3.05, 3.63) is 54.6 Å². The maximum atomic E-state index is 4.15. The number of benzene rings is 2. The van der Waals surface area contributed by atoms with Gasteiger partial charge in [0.15, 0.2) is 0 Å². The average Bonchev–Trinajstić information content (AvgIpc) is 3.27. The van der Waals surface area contributed by atoms with Crippen LogP contribution in [-0.2, 0) is 0 Å². The predicted octanol–water partition coefficient (Wildman–Crippen LogP) is 4.24. The SMILES string of the molecule is C=C(CNC1CC1)CSc1ccc2ccccc2c1. The largest absolute Gasteiger partial charge is 0.310 e. The highest BCUT2D eigenvalue weighted by atomic mass is 32.2. The van der Waals surface area contributed by atoms with Crippen LogP contribution >= 0.6 is 11.8 Å². The molecule has 2 aromatic rings. The zero-order chi connectivity index (χ0) is 13.1. The van der Waals surface area contributed by atoms with E-state index >= 15 is 0 Å². The molecule has 2 aromatic carbocycles. The molecule has 2 heteroatoms. The molecule has 1 N–H and O–H groups in total. The highest BCUT2D eigenvalue weighted by molar-refractivity contribution is 7.99. The van der Waals surface area contributed by atoms with E-state index in [0.717, 1.165) is 18.3 Å². The number of fused-ring (bicyclic) bond motifs is 1. The molecular formula is C17H19NS. The number of hydrogen-bond acceptors (Lipinski definition) is 2. The molecule has 0 unspecified atom stereocenters. The molecule has 3 rings (SSSR count). The Kier molecular flexibility index (Phi) is 3.90. The summed E-state index contributed by atoms with van der Waals surface area (Å²) < 4.78 is 0. The van der Waals surface area contributed by atoms with E-state index in [1.165, 1.54) is 34.1 Å². The molecule has 0 bridgehead atoms. The minimum atomic E-state index is 0.766. The molecule has 1 fully saturated rings. The minimum absolute atomic E-state index is 0.766. The second kappa shape index (κ2) is 5.81. The van der Waals surface area contributed by atoms with Gasteiger partial charge in [0.25, 0.3) is 0 Å². The lowest BCUT2D eigenvalue weighted by Crippen LogP contribution is -2.19. The fourth-order valence-electron chi connectivity index (χ4n) is 2.07. The molecule has 0 aromatic heterocycles. The van der Waals surface area contributed by atoms with Gasteiger partial charge in [0.05, 0.1) is 0 Å². The fraction of sp³-hybridized carbons (Fsp3) is 0.294. The Balaban J connectivity index is 1.56. The molecule has 19 heavy (non-hydrogen) atoms. The summed E-state index contributed by atoms with van der Waals surface area (Å²) in [4.78, 5) is 1.33. The van der Waals surface area contributed by atoms with Crippen molar-refractivity contribution in [3.8, 4) is 0 Å². The molecule has 0 atom stereocenters. The van der Waals surface area contributed by atoms with Crippen LogP contribution in [0.15, 0.2) is 59.5 Å². The summed E-state index contributed by atoms with van der Waals surface area (Å²) in [6, 6.07) is 15.9. The minimum Gasteiger partial charge on any atom is -0.310 e. The fourth-order valence-corrected chi connectivity index (χ4v) is 2.92. The van der Waals surface area contributed by atoms with Crippen molar-refractivity contribution in [2.45, 2.75) is 23.8 Å². The molecule has 0 aliphatic heterocycles. The topological polar surface area (TPSA) is 12.0 Å². The first-order chi connectivity index (χ1) is 9.31. The van der Waals surface area contributed by atoms with Crippen LogP contribution in [0.4, 0.5) is 0 Å². The van der Waals surface area contributed by atoms with Gasteiger partial charge in [-0.3, -0.25) is 0 Å². The molecule has 98 valence electrons. The van der Waals surface area contributed by atoms with Crippen LogP contribution in [0.1, 0.15) is 12.8 Å².